The van der Waals surface area contributed by atoms with Crippen molar-refractivity contribution in [3.8, 4) is 0 Å². The number of nitrogens with one attached hydrogen (secondary N) is 1. The quantitative estimate of drug-likeness (QED) is 0.671. The minimum Gasteiger partial charge on any atom is -0.321 e. The minimum atomic E-state index is -0.164. The average molecular weight is 336 g/mol. The summed E-state index contributed by atoms with van der Waals surface area (Å²) in [4.78, 5) is 17.3. The van der Waals surface area contributed by atoms with Gasteiger partial charge in [-0.15, -0.1) is 0 Å². The number of amides is 1. The van der Waals surface area contributed by atoms with E-state index in [1.165, 1.54) is 11.1 Å². The van der Waals surface area contributed by atoms with E-state index in [0.717, 1.165) is 16.9 Å². The zero-order valence-corrected chi connectivity index (χ0v) is 16.1. The topological polar surface area (TPSA) is 41.5 Å². The second-order valence-electron chi connectivity index (χ2n) is 7.06. The van der Waals surface area contributed by atoms with Crippen molar-refractivity contribution in [2.45, 2.75) is 53.4 Å². The molecule has 1 amide bonds. The molecular formula is C22H28N2O. The third kappa shape index (κ3) is 4.56. The van der Waals surface area contributed by atoms with E-state index in [9.17, 15) is 4.79 Å². The van der Waals surface area contributed by atoms with Crippen molar-refractivity contribution in [3.05, 3.63) is 59.2 Å². The second-order valence-corrected chi connectivity index (χ2v) is 7.06. The molecule has 0 aromatic heterocycles. The van der Waals surface area contributed by atoms with Gasteiger partial charge in [0.15, 0.2) is 0 Å². The first-order chi connectivity index (χ1) is 11.8. The standard InChI is InChI=1S/C22H28N2O/c1-14(2)18-11-9-12-19(15(3)4)21(18)23-17(6)22(25)24-20-13-8-7-10-16(20)5/h7-15H,1-6H3,(H,24,25). The number of aliphatic imine (C=N–C) groups is 1. The Morgan fingerprint density at radius 1 is 0.920 bits per heavy atom. The first-order valence-corrected chi connectivity index (χ1v) is 8.86. The third-order valence-corrected chi connectivity index (χ3v) is 4.34. The van der Waals surface area contributed by atoms with Crippen molar-refractivity contribution in [1.29, 1.82) is 0 Å². The van der Waals surface area contributed by atoms with Crippen molar-refractivity contribution in [2.24, 2.45) is 4.99 Å². The molecule has 0 spiro atoms. The summed E-state index contributed by atoms with van der Waals surface area (Å²) in [7, 11) is 0. The van der Waals surface area contributed by atoms with Crippen LogP contribution in [0.15, 0.2) is 47.5 Å². The fourth-order valence-electron chi connectivity index (χ4n) is 2.79. The van der Waals surface area contributed by atoms with E-state index in [2.05, 4.69) is 51.2 Å². The van der Waals surface area contributed by atoms with E-state index in [1.807, 2.05) is 31.2 Å². The number of para-hydroxylation sites is 2. The highest BCUT2D eigenvalue weighted by molar-refractivity contribution is 6.42. The molecule has 0 heterocycles. The monoisotopic (exact) mass is 336 g/mol. The lowest BCUT2D eigenvalue weighted by Crippen LogP contribution is -2.20. The van der Waals surface area contributed by atoms with Crippen molar-refractivity contribution >= 4 is 23.0 Å². The van der Waals surface area contributed by atoms with Gasteiger partial charge in [-0.25, -0.2) is 4.99 Å². The van der Waals surface area contributed by atoms with Crippen LogP contribution < -0.4 is 5.32 Å². The molecule has 2 aromatic carbocycles. The normalized spacial score (nSPS) is 11.9. The summed E-state index contributed by atoms with van der Waals surface area (Å²) < 4.78 is 0. The molecule has 0 saturated heterocycles. The number of anilines is 1. The lowest BCUT2D eigenvalue weighted by Gasteiger charge is -2.17. The van der Waals surface area contributed by atoms with Crippen LogP contribution in [0.2, 0.25) is 0 Å². The summed E-state index contributed by atoms with van der Waals surface area (Å²) in [5.74, 6) is 0.539. The van der Waals surface area contributed by atoms with Gasteiger partial charge in [-0.3, -0.25) is 4.79 Å². The Labute approximate surface area is 151 Å². The average Bonchev–Trinajstić information content (AvgIpc) is 2.56. The van der Waals surface area contributed by atoms with Gasteiger partial charge in [0.2, 0.25) is 0 Å². The van der Waals surface area contributed by atoms with Crippen molar-refractivity contribution in [1.82, 2.24) is 0 Å². The summed E-state index contributed by atoms with van der Waals surface area (Å²) in [5.41, 5.74) is 5.61. The van der Waals surface area contributed by atoms with Crippen LogP contribution in [0.4, 0.5) is 11.4 Å². The Balaban J connectivity index is 2.38. The predicted octanol–water partition coefficient (Wildman–Crippen LogP) is 5.97. The third-order valence-electron chi connectivity index (χ3n) is 4.34. The van der Waals surface area contributed by atoms with Gasteiger partial charge in [0.05, 0.1) is 5.69 Å². The van der Waals surface area contributed by atoms with Crippen LogP contribution in [-0.2, 0) is 4.79 Å². The maximum atomic E-state index is 12.6. The number of carbonyl (C=O) groups is 1. The number of benzene rings is 2. The first-order valence-electron chi connectivity index (χ1n) is 8.86. The van der Waals surface area contributed by atoms with Gasteiger partial charge in [-0.05, 0) is 48.4 Å². The van der Waals surface area contributed by atoms with E-state index >= 15 is 0 Å². The van der Waals surface area contributed by atoms with Crippen LogP contribution in [0.5, 0.6) is 0 Å². The van der Waals surface area contributed by atoms with E-state index in [4.69, 9.17) is 4.99 Å². The Morgan fingerprint density at radius 2 is 1.48 bits per heavy atom. The van der Waals surface area contributed by atoms with E-state index < -0.39 is 0 Å². The molecule has 3 nitrogen and oxygen atoms in total. The fourth-order valence-corrected chi connectivity index (χ4v) is 2.79. The number of aryl methyl sites for hydroxylation is 1. The number of rotatable bonds is 5. The summed E-state index contributed by atoms with van der Waals surface area (Å²) in [6.07, 6.45) is 0. The van der Waals surface area contributed by atoms with Crippen LogP contribution in [0, 0.1) is 6.92 Å². The Kier molecular flexibility index (Phi) is 6.13. The molecule has 0 saturated carbocycles. The highest BCUT2D eigenvalue weighted by Gasteiger charge is 2.15. The van der Waals surface area contributed by atoms with Gasteiger partial charge in [-0.1, -0.05) is 64.1 Å². The zero-order chi connectivity index (χ0) is 18.6. The number of nitrogens with zero attached hydrogens (tertiary/aromatic N) is 1. The highest BCUT2D eigenvalue weighted by atomic mass is 16.1. The number of carbonyl (C=O) groups excluding carboxylic acids is 1. The molecule has 0 aliphatic carbocycles. The Bertz CT molecular complexity index is 762. The fraction of sp³-hybridized carbons (Fsp3) is 0.364. The van der Waals surface area contributed by atoms with Crippen LogP contribution in [0.1, 0.15) is 63.1 Å². The predicted molar refractivity (Wildman–Crippen MR) is 107 cm³/mol. The zero-order valence-electron chi connectivity index (χ0n) is 16.1. The number of hydrogen-bond acceptors (Lipinski definition) is 2. The molecule has 2 aromatic rings. The summed E-state index contributed by atoms with van der Waals surface area (Å²) in [6.45, 7) is 12.4. The molecule has 3 heteroatoms. The second kappa shape index (κ2) is 8.11. The molecule has 132 valence electrons. The van der Waals surface area contributed by atoms with E-state index in [-0.39, 0.29) is 5.91 Å². The van der Waals surface area contributed by atoms with Gasteiger partial charge in [0.25, 0.3) is 5.91 Å². The van der Waals surface area contributed by atoms with E-state index in [0.29, 0.717) is 17.5 Å². The van der Waals surface area contributed by atoms with Crippen molar-refractivity contribution in [3.63, 3.8) is 0 Å². The van der Waals surface area contributed by atoms with Gasteiger partial charge >= 0.3 is 0 Å². The van der Waals surface area contributed by atoms with Crippen LogP contribution in [-0.4, -0.2) is 11.6 Å². The van der Waals surface area contributed by atoms with Crippen LogP contribution in [0.3, 0.4) is 0 Å². The maximum Gasteiger partial charge on any atom is 0.269 e. The van der Waals surface area contributed by atoms with Gasteiger partial charge in [0.1, 0.15) is 5.71 Å². The molecule has 2 rings (SSSR count). The minimum absolute atomic E-state index is 0.164. The molecule has 1 N–H and O–H groups in total. The van der Waals surface area contributed by atoms with Crippen LogP contribution in [0.25, 0.3) is 0 Å². The first kappa shape index (κ1) is 18.9. The molecule has 0 aliphatic rings. The summed E-state index contributed by atoms with van der Waals surface area (Å²) in [5, 5.41) is 2.96. The SMILES string of the molecule is CC(=Nc1c(C(C)C)cccc1C(C)C)C(=O)Nc1ccccc1C. The molecule has 0 atom stereocenters. The highest BCUT2D eigenvalue weighted by Crippen LogP contribution is 2.34. The molecule has 0 unspecified atom stereocenters. The smallest absolute Gasteiger partial charge is 0.269 e. The van der Waals surface area contributed by atoms with Gasteiger partial charge in [-0.2, -0.15) is 0 Å². The molecule has 25 heavy (non-hydrogen) atoms. The van der Waals surface area contributed by atoms with Crippen molar-refractivity contribution < 1.29 is 4.79 Å². The molecule has 0 bridgehead atoms. The van der Waals surface area contributed by atoms with Gasteiger partial charge < -0.3 is 5.32 Å². The molecular weight excluding hydrogens is 308 g/mol. The number of hydrogen-bond donors (Lipinski definition) is 1. The van der Waals surface area contributed by atoms with Gasteiger partial charge in [0, 0.05) is 5.69 Å². The summed E-state index contributed by atoms with van der Waals surface area (Å²) >= 11 is 0. The lowest BCUT2D eigenvalue weighted by molar-refractivity contribution is -0.110. The Hall–Kier alpha value is -2.42. The largest absolute Gasteiger partial charge is 0.321 e. The maximum absolute atomic E-state index is 12.6. The lowest BCUT2D eigenvalue weighted by atomic mass is 9.93. The summed E-state index contributed by atoms with van der Waals surface area (Å²) in [6, 6.07) is 14.0. The Morgan fingerprint density at radius 3 is 2.00 bits per heavy atom. The van der Waals surface area contributed by atoms with Crippen molar-refractivity contribution in [2.75, 3.05) is 5.32 Å². The van der Waals surface area contributed by atoms with Crippen LogP contribution >= 0.6 is 0 Å². The van der Waals surface area contributed by atoms with E-state index in [1.54, 1.807) is 6.92 Å². The molecule has 0 fully saturated rings. The molecule has 0 aliphatic heterocycles. The molecule has 0 radical (unpaired) electrons.